The van der Waals surface area contributed by atoms with Crippen LogP contribution in [0.4, 0.5) is 0 Å². The van der Waals surface area contributed by atoms with Crippen LogP contribution in [0.5, 0.6) is 0 Å². The van der Waals surface area contributed by atoms with E-state index in [1.54, 1.807) is 0 Å². The molecule has 0 amide bonds. The minimum atomic E-state index is -1.02. The maximum atomic E-state index is 12.2. The first-order valence-electron chi connectivity index (χ1n) is 5.61. The average Bonchev–Trinajstić information content (AvgIpc) is 2.83. The molecule has 4 heteroatoms. The fourth-order valence-electron chi connectivity index (χ4n) is 1.82. The molecule has 1 unspecified atom stereocenters. The number of aromatic nitrogens is 1. The van der Waals surface area contributed by atoms with Gasteiger partial charge in [0.05, 0.1) is 26.9 Å². The van der Waals surface area contributed by atoms with Crippen LogP contribution in [0.25, 0.3) is 10.1 Å². The molecule has 0 saturated carbocycles. The summed E-state index contributed by atoms with van der Waals surface area (Å²) in [6.45, 7) is 0. The molecule has 18 heavy (non-hydrogen) atoms. The molecule has 1 heterocycles. The van der Waals surface area contributed by atoms with Crippen molar-refractivity contribution in [1.82, 2.24) is 4.37 Å². The Balaban J connectivity index is 1.91. The summed E-state index contributed by atoms with van der Waals surface area (Å²) in [4.78, 5) is 0.856. The van der Waals surface area contributed by atoms with Gasteiger partial charge in [0.15, 0.2) is 0 Å². The van der Waals surface area contributed by atoms with E-state index < -0.39 is 10.8 Å². The van der Waals surface area contributed by atoms with Crippen LogP contribution in [0.15, 0.2) is 59.5 Å². The summed E-state index contributed by atoms with van der Waals surface area (Å²) < 4.78 is 17.8. The third kappa shape index (κ3) is 2.21. The van der Waals surface area contributed by atoms with Crippen LogP contribution in [0.2, 0.25) is 0 Å². The number of rotatable bonds is 3. The zero-order valence-corrected chi connectivity index (χ0v) is 11.2. The lowest BCUT2D eigenvalue weighted by molar-refractivity contribution is 0.682. The van der Waals surface area contributed by atoms with Crippen LogP contribution in [-0.2, 0) is 16.6 Å². The van der Waals surface area contributed by atoms with Gasteiger partial charge in [-0.05, 0) is 29.7 Å². The molecule has 2 nitrogen and oxygen atoms in total. The first-order valence-corrected chi connectivity index (χ1v) is 7.70. The van der Waals surface area contributed by atoms with Crippen molar-refractivity contribution in [3.05, 3.63) is 60.3 Å². The van der Waals surface area contributed by atoms with E-state index in [2.05, 4.69) is 4.37 Å². The molecule has 0 bridgehead atoms. The lowest BCUT2D eigenvalue weighted by Crippen LogP contribution is -1.96. The largest absolute Gasteiger partial charge is 0.254 e. The molecule has 0 aliphatic heterocycles. The van der Waals surface area contributed by atoms with Crippen LogP contribution in [-0.4, -0.2) is 8.58 Å². The van der Waals surface area contributed by atoms with Gasteiger partial charge in [-0.25, -0.2) is 0 Å². The Morgan fingerprint density at radius 3 is 2.56 bits per heavy atom. The van der Waals surface area contributed by atoms with Crippen LogP contribution in [0, 0.1) is 0 Å². The Labute approximate surface area is 112 Å². The SMILES string of the molecule is O=S(Cc1nsc2ccccc12)c1ccccc1. The minimum Gasteiger partial charge on any atom is -0.254 e. The molecule has 3 rings (SSSR count). The van der Waals surface area contributed by atoms with Crippen molar-refractivity contribution in [2.45, 2.75) is 10.6 Å². The number of benzene rings is 2. The van der Waals surface area contributed by atoms with Gasteiger partial charge < -0.3 is 0 Å². The quantitative estimate of drug-likeness (QED) is 0.729. The van der Waals surface area contributed by atoms with Crippen LogP contribution in [0.3, 0.4) is 0 Å². The molecule has 2 aromatic carbocycles. The Kier molecular flexibility index (Phi) is 3.21. The predicted molar refractivity (Wildman–Crippen MR) is 76.2 cm³/mol. The topological polar surface area (TPSA) is 30.0 Å². The summed E-state index contributed by atoms with van der Waals surface area (Å²) in [5.74, 6) is 0.480. The van der Waals surface area contributed by atoms with Gasteiger partial charge in [-0.2, -0.15) is 4.37 Å². The third-order valence-corrected chi connectivity index (χ3v) is 4.92. The van der Waals surface area contributed by atoms with Gasteiger partial charge in [-0.15, -0.1) is 0 Å². The van der Waals surface area contributed by atoms with Crippen molar-refractivity contribution in [1.29, 1.82) is 0 Å². The molecule has 3 aromatic rings. The van der Waals surface area contributed by atoms with Crippen LogP contribution < -0.4 is 0 Å². The van der Waals surface area contributed by atoms with E-state index in [0.29, 0.717) is 5.75 Å². The van der Waals surface area contributed by atoms with Crippen molar-refractivity contribution in [3.8, 4) is 0 Å². The van der Waals surface area contributed by atoms with E-state index in [1.165, 1.54) is 11.5 Å². The Hall–Kier alpha value is -1.52. The van der Waals surface area contributed by atoms with E-state index >= 15 is 0 Å². The number of hydrogen-bond donors (Lipinski definition) is 0. The second-order valence-electron chi connectivity index (χ2n) is 3.93. The molecule has 0 N–H and O–H groups in total. The van der Waals surface area contributed by atoms with Gasteiger partial charge in [-0.1, -0.05) is 36.4 Å². The second kappa shape index (κ2) is 5.00. The Morgan fingerprint density at radius 1 is 1.00 bits per heavy atom. The molecule has 0 radical (unpaired) electrons. The molecule has 90 valence electrons. The van der Waals surface area contributed by atoms with Gasteiger partial charge in [0.25, 0.3) is 0 Å². The summed E-state index contributed by atoms with van der Waals surface area (Å²) in [7, 11) is -1.02. The Bertz CT molecular complexity index is 691. The van der Waals surface area contributed by atoms with Gasteiger partial charge in [-0.3, -0.25) is 4.21 Å². The lowest BCUT2D eigenvalue weighted by atomic mass is 10.2. The maximum absolute atomic E-state index is 12.2. The highest BCUT2D eigenvalue weighted by atomic mass is 32.2. The summed E-state index contributed by atoms with van der Waals surface area (Å²) in [6, 6.07) is 17.6. The standard InChI is InChI=1S/C14H11NOS2/c16-18(11-6-2-1-3-7-11)10-13-12-8-4-5-9-14(12)17-15-13/h1-9H,10H2. The van der Waals surface area contributed by atoms with Crippen molar-refractivity contribution in [3.63, 3.8) is 0 Å². The highest BCUT2D eigenvalue weighted by Gasteiger charge is 2.10. The first-order chi connectivity index (χ1) is 8.84. The average molecular weight is 273 g/mol. The highest BCUT2D eigenvalue weighted by Crippen LogP contribution is 2.24. The number of fused-ring (bicyclic) bond motifs is 1. The second-order valence-corrected chi connectivity index (χ2v) is 6.18. The smallest absolute Gasteiger partial charge is 0.0749 e. The normalized spacial score (nSPS) is 12.7. The maximum Gasteiger partial charge on any atom is 0.0749 e. The lowest BCUT2D eigenvalue weighted by Gasteiger charge is -2.00. The molecular formula is C14H11NOS2. The van der Waals surface area contributed by atoms with Crippen molar-refractivity contribution >= 4 is 32.4 Å². The van der Waals surface area contributed by atoms with Crippen molar-refractivity contribution in [2.24, 2.45) is 0 Å². The zero-order valence-electron chi connectivity index (χ0n) is 9.58. The number of hydrogen-bond acceptors (Lipinski definition) is 3. The molecule has 0 fully saturated rings. The van der Waals surface area contributed by atoms with Crippen LogP contribution >= 0.6 is 11.5 Å². The summed E-state index contributed by atoms with van der Waals surface area (Å²) in [6.07, 6.45) is 0. The summed E-state index contributed by atoms with van der Waals surface area (Å²) in [5, 5.41) is 1.12. The molecule has 1 atom stereocenters. The van der Waals surface area contributed by atoms with Crippen LogP contribution in [0.1, 0.15) is 5.69 Å². The van der Waals surface area contributed by atoms with Gasteiger partial charge >= 0.3 is 0 Å². The van der Waals surface area contributed by atoms with Gasteiger partial charge in [0.2, 0.25) is 0 Å². The molecule has 1 aromatic heterocycles. The minimum absolute atomic E-state index is 0.480. The summed E-state index contributed by atoms with van der Waals surface area (Å²) >= 11 is 1.47. The van der Waals surface area contributed by atoms with E-state index in [-0.39, 0.29) is 0 Å². The fourth-order valence-corrected chi connectivity index (χ4v) is 3.79. The van der Waals surface area contributed by atoms with Crippen molar-refractivity contribution in [2.75, 3.05) is 0 Å². The zero-order chi connectivity index (χ0) is 12.4. The molecule has 0 spiro atoms. The molecule has 0 aliphatic carbocycles. The van der Waals surface area contributed by atoms with Gasteiger partial charge in [0, 0.05) is 10.3 Å². The predicted octanol–water partition coefficient (Wildman–Crippen LogP) is 3.60. The third-order valence-electron chi connectivity index (χ3n) is 2.73. The number of nitrogens with zero attached hydrogens (tertiary/aromatic N) is 1. The van der Waals surface area contributed by atoms with E-state index in [9.17, 15) is 4.21 Å². The highest BCUT2D eigenvalue weighted by molar-refractivity contribution is 7.84. The monoisotopic (exact) mass is 273 g/mol. The van der Waals surface area contributed by atoms with Gasteiger partial charge in [0.1, 0.15) is 0 Å². The van der Waals surface area contributed by atoms with E-state index in [0.717, 1.165) is 20.7 Å². The van der Waals surface area contributed by atoms with E-state index in [4.69, 9.17) is 0 Å². The Morgan fingerprint density at radius 2 is 1.72 bits per heavy atom. The van der Waals surface area contributed by atoms with E-state index in [1.807, 2.05) is 54.6 Å². The first kappa shape index (κ1) is 11.6. The fraction of sp³-hybridized carbons (Fsp3) is 0.0714. The molecule has 0 aliphatic rings. The molecule has 0 saturated heterocycles. The van der Waals surface area contributed by atoms with Crippen molar-refractivity contribution < 1.29 is 4.21 Å². The molecular weight excluding hydrogens is 262 g/mol. The summed E-state index contributed by atoms with van der Waals surface area (Å²) in [5.41, 5.74) is 0.929.